The minimum Gasteiger partial charge on any atom is -0.345 e. The van der Waals surface area contributed by atoms with E-state index in [0.717, 1.165) is 16.6 Å². The van der Waals surface area contributed by atoms with Crippen molar-refractivity contribution in [2.75, 3.05) is 0 Å². The van der Waals surface area contributed by atoms with Gasteiger partial charge in [-0.2, -0.15) is 0 Å². The van der Waals surface area contributed by atoms with Gasteiger partial charge >= 0.3 is 0 Å². The van der Waals surface area contributed by atoms with Crippen molar-refractivity contribution in [1.82, 2.24) is 9.97 Å². The minimum atomic E-state index is -0.473. The molecule has 0 aliphatic carbocycles. The van der Waals surface area contributed by atoms with E-state index in [0.29, 0.717) is 0 Å². The molecule has 3 N–H and O–H groups in total. The van der Waals surface area contributed by atoms with Crippen LogP contribution in [0.4, 0.5) is 0 Å². The van der Waals surface area contributed by atoms with Crippen molar-refractivity contribution < 1.29 is 4.84 Å². The number of hydrogen-bond acceptors (Lipinski definition) is 3. The second kappa shape index (κ2) is 3.08. The molecule has 0 saturated carbocycles. The first kappa shape index (κ1) is 9.18. The van der Waals surface area contributed by atoms with Crippen LogP contribution in [0.5, 0.6) is 0 Å². The van der Waals surface area contributed by atoms with E-state index < -0.39 is 5.60 Å². The standard InChI is InChI=1S/C10H13N3O/c1-10(2,14-11)7-3-4-8-9(5-7)13-6-12-8/h3-6H,11H2,1-2H3,(H,12,13). The summed E-state index contributed by atoms with van der Waals surface area (Å²) in [5.74, 6) is 5.23. The van der Waals surface area contributed by atoms with Crippen LogP contribution in [0.3, 0.4) is 0 Å². The molecule has 0 radical (unpaired) electrons. The Hall–Kier alpha value is -1.39. The third kappa shape index (κ3) is 1.38. The molecule has 2 rings (SSSR count). The van der Waals surface area contributed by atoms with E-state index in [-0.39, 0.29) is 0 Å². The number of nitrogens with two attached hydrogens (primary N) is 1. The van der Waals surface area contributed by atoms with Gasteiger partial charge < -0.3 is 4.98 Å². The van der Waals surface area contributed by atoms with E-state index in [2.05, 4.69) is 9.97 Å². The van der Waals surface area contributed by atoms with Crippen LogP contribution in [0.2, 0.25) is 0 Å². The number of benzene rings is 1. The van der Waals surface area contributed by atoms with E-state index in [1.54, 1.807) is 6.33 Å². The molecule has 0 fully saturated rings. The number of hydrogen-bond donors (Lipinski definition) is 2. The average molecular weight is 191 g/mol. The van der Waals surface area contributed by atoms with Crippen LogP contribution in [-0.2, 0) is 10.4 Å². The summed E-state index contributed by atoms with van der Waals surface area (Å²) in [6.07, 6.45) is 1.67. The summed E-state index contributed by atoms with van der Waals surface area (Å²) in [6, 6.07) is 5.91. The highest BCUT2D eigenvalue weighted by molar-refractivity contribution is 5.75. The van der Waals surface area contributed by atoms with Crippen molar-refractivity contribution in [3.63, 3.8) is 0 Å². The average Bonchev–Trinajstić information content (AvgIpc) is 2.64. The second-order valence-corrected chi connectivity index (χ2v) is 3.76. The maximum atomic E-state index is 5.23. The first-order valence-electron chi connectivity index (χ1n) is 4.45. The predicted octanol–water partition coefficient (Wildman–Crippen LogP) is 1.69. The monoisotopic (exact) mass is 191 g/mol. The molecule has 0 atom stereocenters. The lowest BCUT2D eigenvalue weighted by atomic mass is 9.98. The number of aromatic amines is 1. The number of rotatable bonds is 2. The zero-order valence-corrected chi connectivity index (χ0v) is 8.24. The van der Waals surface area contributed by atoms with Crippen LogP contribution < -0.4 is 5.90 Å². The van der Waals surface area contributed by atoms with Crippen molar-refractivity contribution >= 4 is 11.0 Å². The molecule has 0 aliphatic rings. The summed E-state index contributed by atoms with van der Waals surface area (Å²) < 4.78 is 0. The number of aromatic nitrogens is 2. The largest absolute Gasteiger partial charge is 0.345 e. The third-order valence-electron chi connectivity index (χ3n) is 2.41. The topological polar surface area (TPSA) is 63.9 Å². The molecule has 0 spiro atoms. The summed E-state index contributed by atoms with van der Waals surface area (Å²) in [7, 11) is 0. The highest BCUT2D eigenvalue weighted by atomic mass is 16.6. The molecular weight excluding hydrogens is 178 g/mol. The Labute approximate surface area is 82.0 Å². The smallest absolute Gasteiger partial charge is 0.109 e. The second-order valence-electron chi connectivity index (χ2n) is 3.76. The van der Waals surface area contributed by atoms with Crippen molar-refractivity contribution in [3.8, 4) is 0 Å². The molecule has 4 heteroatoms. The molecule has 74 valence electrons. The van der Waals surface area contributed by atoms with Gasteiger partial charge in [0.2, 0.25) is 0 Å². The summed E-state index contributed by atoms with van der Waals surface area (Å²) in [5.41, 5.74) is 2.49. The van der Waals surface area contributed by atoms with Gasteiger partial charge in [-0.1, -0.05) is 6.07 Å². The van der Waals surface area contributed by atoms with Crippen molar-refractivity contribution in [2.24, 2.45) is 5.90 Å². The molecule has 0 amide bonds. The molecule has 2 aromatic rings. The fourth-order valence-corrected chi connectivity index (χ4v) is 1.38. The molecule has 0 bridgehead atoms. The molecular formula is C10H13N3O. The Kier molecular flexibility index (Phi) is 2.02. The Morgan fingerprint density at radius 2 is 2.21 bits per heavy atom. The van der Waals surface area contributed by atoms with Gasteiger partial charge in [0.15, 0.2) is 0 Å². The molecule has 4 nitrogen and oxygen atoms in total. The van der Waals surface area contributed by atoms with Crippen molar-refractivity contribution in [2.45, 2.75) is 19.4 Å². The fraction of sp³-hybridized carbons (Fsp3) is 0.300. The van der Waals surface area contributed by atoms with Gasteiger partial charge in [-0.25, -0.2) is 10.9 Å². The molecule has 1 aromatic heterocycles. The highest BCUT2D eigenvalue weighted by Crippen LogP contribution is 2.24. The third-order valence-corrected chi connectivity index (χ3v) is 2.41. The maximum absolute atomic E-state index is 5.23. The highest BCUT2D eigenvalue weighted by Gasteiger charge is 2.20. The summed E-state index contributed by atoms with van der Waals surface area (Å²) >= 11 is 0. The van der Waals surface area contributed by atoms with E-state index in [4.69, 9.17) is 10.7 Å². The number of H-pyrrole nitrogens is 1. The van der Waals surface area contributed by atoms with E-state index >= 15 is 0 Å². The normalized spacial score (nSPS) is 12.2. The van der Waals surface area contributed by atoms with E-state index in [1.165, 1.54) is 0 Å². The number of fused-ring (bicyclic) bond motifs is 1. The summed E-state index contributed by atoms with van der Waals surface area (Å²) in [5, 5.41) is 0. The van der Waals surface area contributed by atoms with Gasteiger partial charge in [0.1, 0.15) is 5.60 Å². The lowest BCUT2D eigenvalue weighted by Gasteiger charge is -2.22. The van der Waals surface area contributed by atoms with Gasteiger partial charge in [0.05, 0.1) is 17.4 Å². The van der Waals surface area contributed by atoms with Gasteiger partial charge in [-0.05, 0) is 31.5 Å². The van der Waals surface area contributed by atoms with E-state index in [1.807, 2.05) is 32.0 Å². The molecule has 14 heavy (non-hydrogen) atoms. The first-order chi connectivity index (χ1) is 6.63. The van der Waals surface area contributed by atoms with Gasteiger partial charge in [-0.3, -0.25) is 4.84 Å². The number of nitrogens with zero attached hydrogens (tertiary/aromatic N) is 1. The maximum Gasteiger partial charge on any atom is 0.109 e. The number of imidazole rings is 1. The first-order valence-corrected chi connectivity index (χ1v) is 4.45. The van der Waals surface area contributed by atoms with Crippen LogP contribution in [0.1, 0.15) is 19.4 Å². The SMILES string of the molecule is CC(C)(ON)c1ccc2nc[nH]c2c1. The van der Waals surface area contributed by atoms with E-state index in [9.17, 15) is 0 Å². The van der Waals surface area contributed by atoms with Crippen LogP contribution in [0.25, 0.3) is 11.0 Å². The van der Waals surface area contributed by atoms with Crippen LogP contribution in [0.15, 0.2) is 24.5 Å². The predicted molar refractivity (Wildman–Crippen MR) is 54.4 cm³/mol. The van der Waals surface area contributed by atoms with Gasteiger partial charge in [-0.15, -0.1) is 0 Å². The molecule has 0 aliphatic heterocycles. The lowest BCUT2D eigenvalue weighted by molar-refractivity contribution is -0.0235. The minimum absolute atomic E-state index is 0.473. The van der Waals surface area contributed by atoms with Crippen molar-refractivity contribution in [3.05, 3.63) is 30.1 Å². The van der Waals surface area contributed by atoms with Gasteiger partial charge in [0, 0.05) is 0 Å². The van der Waals surface area contributed by atoms with Gasteiger partial charge in [0.25, 0.3) is 0 Å². The Morgan fingerprint density at radius 3 is 2.93 bits per heavy atom. The van der Waals surface area contributed by atoms with Crippen LogP contribution in [-0.4, -0.2) is 9.97 Å². The fourth-order valence-electron chi connectivity index (χ4n) is 1.38. The number of nitrogens with one attached hydrogen (secondary N) is 1. The van der Waals surface area contributed by atoms with Crippen molar-refractivity contribution in [1.29, 1.82) is 0 Å². The lowest BCUT2D eigenvalue weighted by Crippen LogP contribution is -2.25. The molecule has 0 unspecified atom stereocenters. The molecule has 1 aromatic carbocycles. The Bertz CT molecular complexity index is 447. The Morgan fingerprint density at radius 1 is 1.43 bits per heavy atom. The molecule has 1 heterocycles. The zero-order valence-electron chi connectivity index (χ0n) is 8.24. The van der Waals surface area contributed by atoms with Crippen LogP contribution in [0, 0.1) is 0 Å². The summed E-state index contributed by atoms with van der Waals surface area (Å²) in [6.45, 7) is 3.84. The zero-order chi connectivity index (χ0) is 10.2. The quantitative estimate of drug-likeness (QED) is 0.710. The molecule has 0 saturated heterocycles. The summed E-state index contributed by atoms with van der Waals surface area (Å²) in [4.78, 5) is 12.1. The Balaban J connectivity index is 2.53. The van der Waals surface area contributed by atoms with Crippen LogP contribution >= 0.6 is 0 Å².